The number of nitrogens with one attached hydrogen (secondary N) is 1. The predicted octanol–water partition coefficient (Wildman–Crippen LogP) is 4.41. The van der Waals surface area contributed by atoms with E-state index in [-0.39, 0.29) is 17.8 Å². The number of carbonyl (C=O) groups is 1. The molecule has 1 amide bonds. The summed E-state index contributed by atoms with van der Waals surface area (Å²) in [5.41, 5.74) is 2.04. The van der Waals surface area contributed by atoms with Gasteiger partial charge in [-0.25, -0.2) is 14.4 Å². The van der Waals surface area contributed by atoms with Crippen LogP contribution in [0.2, 0.25) is 0 Å². The van der Waals surface area contributed by atoms with E-state index in [1.54, 1.807) is 23.1 Å². The molecule has 0 fully saturated rings. The van der Waals surface area contributed by atoms with E-state index in [0.717, 1.165) is 5.56 Å². The summed E-state index contributed by atoms with van der Waals surface area (Å²) in [5.74, 6) is -0.00521. The van der Waals surface area contributed by atoms with Gasteiger partial charge in [0.05, 0.1) is 0 Å². The fraction of sp³-hybridized carbons (Fsp3) is 0.190. The lowest BCUT2D eigenvalue weighted by molar-refractivity contribution is 0.0684. The second kappa shape index (κ2) is 8.40. The summed E-state index contributed by atoms with van der Waals surface area (Å²) in [6, 6.07) is 17.4. The van der Waals surface area contributed by atoms with Gasteiger partial charge in [-0.2, -0.15) is 0 Å². The van der Waals surface area contributed by atoms with Gasteiger partial charge in [0, 0.05) is 24.3 Å². The Labute approximate surface area is 157 Å². The van der Waals surface area contributed by atoms with Crippen molar-refractivity contribution < 1.29 is 9.18 Å². The van der Waals surface area contributed by atoms with Gasteiger partial charge in [0.1, 0.15) is 23.7 Å². The molecule has 0 radical (unpaired) electrons. The molecule has 27 heavy (non-hydrogen) atoms. The summed E-state index contributed by atoms with van der Waals surface area (Å²) >= 11 is 0. The van der Waals surface area contributed by atoms with E-state index in [0.29, 0.717) is 23.7 Å². The Morgan fingerprint density at radius 1 is 1.07 bits per heavy atom. The number of anilines is 2. The van der Waals surface area contributed by atoms with Crippen molar-refractivity contribution in [2.24, 2.45) is 0 Å². The van der Waals surface area contributed by atoms with Crippen LogP contribution >= 0.6 is 0 Å². The summed E-state index contributed by atoms with van der Waals surface area (Å²) in [7, 11) is 0. The average molecular weight is 364 g/mol. The van der Waals surface area contributed by atoms with Crippen molar-refractivity contribution in [3.8, 4) is 0 Å². The third kappa shape index (κ3) is 4.88. The molecule has 0 saturated heterocycles. The van der Waals surface area contributed by atoms with E-state index in [4.69, 9.17) is 0 Å². The molecule has 0 spiro atoms. The summed E-state index contributed by atoms with van der Waals surface area (Å²) in [6.07, 6.45) is 1.35. The van der Waals surface area contributed by atoms with Crippen molar-refractivity contribution in [2.75, 3.05) is 5.32 Å². The van der Waals surface area contributed by atoms with Crippen molar-refractivity contribution in [3.63, 3.8) is 0 Å². The first-order valence-electron chi connectivity index (χ1n) is 8.72. The van der Waals surface area contributed by atoms with Gasteiger partial charge < -0.3 is 10.2 Å². The fourth-order valence-corrected chi connectivity index (χ4v) is 2.64. The maximum Gasteiger partial charge on any atom is 0.273 e. The predicted molar refractivity (Wildman–Crippen MR) is 103 cm³/mol. The Morgan fingerprint density at radius 3 is 2.44 bits per heavy atom. The lowest BCUT2D eigenvalue weighted by Gasteiger charge is -2.26. The normalized spacial score (nSPS) is 10.7. The smallest absolute Gasteiger partial charge is 0.273 e. The zero-order valence-corrected chi connectivity index (χ0v) is 15.3. The molecule has 3 aromatic rings. The van der Waals surface area contributed by atoms with Crippen molar-refractivity contribution >= 4 is 17.4 Å². The lowest BCUT2D eigenvalue weighted by Crippen LogP contribution is -2.36. The Morgan fingerprint density at radius 2 is 1.78 bits per heavy atom. The van der Waals surface area contributed by atoms with Crippen molar-refractivity contribution in [3.05, 3.63) is 84.1 Å². The minimum atomic E-state index is -0.312. The SMILES string of the molecule is CC(C)N(Cc1ccccc1)C(=O)c1cc(Nc2ccc(F)cc2)ncn1. The zero-order chi connectivity index (χ0) is 19.2. The number of carbonyl (C=O) groups excluding carboxylic acids is 1. The summed E-state index contributed by atoms with van der Waals surface area (Å²) in [4.78, 5) is 23.0. The molecular formula is C21H21FN4O. The van der Waals surface area contributed by atoms with Crippen LogP contribution in [-0.4, -0.2) is 26.8 Å². The van der Waals surface area contributed by atoms with Gasteiger partial charge >= 0.3 is 0 Å². The Balaban J connectivity index is 1.79. The van der Waals surface area contributed by atoms with E-state index in [9.17, 15) is 9.18 Å². The second-order valence-corrected chi connectivity index (χ2v) is 6.43. The van der Waals surface area contributed by atoms with E-state index in [1.807, 2.05) is 44.2 Å². The zero-order valence-electron chi connectivity index (χ0n) is 15.3. The van der Waals surface area contributed by atoms with Gasteiger partial charge in [0.25, 0.3) is 5.91 Å². The van der Waals surface area contributed by atoms with Crippen LogP contribution in [0.3, 0.4) is 0 Å². The highest BCUT2D eigenvalue weighted by atomic mass is 19.1. The highest BCUT2D eigenvalue weighted by Crippen LogP contribution is 2.17. The number of aromatic nitrogens is 2. The molecule has 0 bridgehead atoms. The molecule has 0 saturated carbocycles. The largest absolute Gasteiger partial charge is 0.340 e. The quantitative estimate of drug-likeness (QED) is 0.704. The Hall–Kier alpha value is -3.28. The van der Waals surface area contributed by atoms with Crippen LogP contribution in [0.1, 0.15) is 29.9 Å². The average Bonchev–Trinajstić information content (AvgIpc) is 2.68. The third-order valence-corrected chi connectivity index (χ3v) is 4.08. The first-order chi connectivity index (χ1) is 13.0. The molecule has 0 atom stereocenters. The molecule has 0 unspecified atom stereocenters. The number of halogens is 1. The highest BCUT2D eigenvalue weighted by Gasteiger charge is 2.21. The maximum absolute atomic E-state index is 13.0. The number of benzene rings is 2. The van der Waals surface area contributed by atoms with Gasteiger partial charge in [0.15, 0.2) is 0 Å². The van der Waals surface area contributed by atoms with E-state index < -0.39 is 0 Å². The van der Waals surface area contributed by atoms with E-state index >= 15 is 0 Å². The first-order valence-corrected chi connectivity index (χ1v) is 8.72. The van der Waals surface area contributed by atoms with Crippen LogP contribution in [0.4, 0.5) is 15.9 Å². The Kier molecular flexibility index (Phi) is 5.76. The monoisotopic (exact) mass is 364 g/mol. The molecule has 1 heterocycles. The number of hydrogen-bond acceptors (Lipinski definition) is 4. The topological polar surface area (TPSA) is 58.1 Å². The molecule has 1 N–H and O–H groups in total. The summed E-state index contributed by atoms with van der Waals surface area (Å²) in [5, 5.41) is 3.06. The van der Waals surface area contributed by atoms with Gasteiger partial charge in [-0.3, -0.25) is 4.79 Å². The van der Waals surface area contributed by atoms with Gasteiger partial charge in [0.2, 0.25) is 0 Å². The summed E-state index contributed by atoms with van der Waals surface area (Å²) < 4.78 is 13.0. The van der Waals surface area contributed by atoms with Crippen LogP contribution in [0.15, 0.2) is 67.0 Å². The maximum atomic E-state index is 13.0. The molecule has 6 heteroatoms. The second-order valence-electron chi connectivity index (χ2n) is 6.43. The summed E-state index contributed by atoms with van der Waals surface area (Å²) in [6.45, 7) is 4.45. The minimum Gasteiger partial charge on any atom is -0.340 e. The molecule has 138 valence electrons. The van der Waals surface area contributed by atoms with Gasteiger partial charge in [-0.15, -0.1) is 0 Å². The molecule has 0 aliphatic heterocycles. The number of rotatable bonds is 6. The van der Waals surface area contributed by atoms with E-state index in [1.165, 1.54) is 18.5 Å². The number of hydrogen-bond donors (Lipinski definition) is 1. The number of amides is 1. The highest BCUT2D eigenvalue weighted by molar-refractivity contribution is 5.93. The Bertz CT molecular complexity index is 898. The van der Waals surface area contributed by atoms with Crippen molar-refractivity contribution in [1.29, 1.82) is 0 Å². The third-order valence-electron chi connectivity index (χ3n) is 4.08. The molecule has 3 rings (SSSR count). The van der Waals surface area contributed by atoms with Crippen LogP contribution < -0.4 is 5.32 Å². The lowest BCUT2D eigenvalue weighted by atomic mass is 10.1. The van der Waals surface area contributed by atoms with Crippen molar-refractivity contribution in [2.45, 2.75) is 26.4 Å². The van der Waals surface area contributed by atoms with Crippen LogP contribution in [0.5, 0.6) is 0 Å². The number of nitrogens with zero attached hydrogens (tertiary/aromatic N) is 3. The van der Waals surface area contributed by atoms with Crippen LogP contribution in [0.25, 0.3) is 0 Å². The molecule has 1 aromatic heterocycles. The van der Waals surface area contributed by atoms with E-state index in [2.05, 4.69) is 15.3 Å². The molecule has 2 aromatic carbocycles. The van der Waals surface area contributed by atoms with Gasteiger partial charge in [-0.05, 0) is 43.7 Å². The first kappa shape index (κ1) is 18.5. The van der Waals surface area contributed by atoms with Gasteiger partial charge in [-0.1, -0.05) is 30.3 Å². The fourth-order valence-electron chi connectivity index (χ4n) is 2.64. The van der Waals surface area contributed by atoms with Crippen LogP contribution in [-0.2, 0) is 6.54 Å². The molecule has 0 aliphatic rings. The molecular weight excluding hydrogens is 343 g/mol. The molecule has 5 nitrogen and oxygen atoms in total. The van der Waals surface area contributed by atoms with Crippen LogP contribution in [0, 0.1) is 5.82 Å². The standard InChI is InChI=1S/C21H21FN4O/c1-15(2)26(13-16-6-4-3-5-7-16)21(27)19-12-20(24-14-23-19)25-18-10-8-17(22)9-11-18/h3-12,14-15H,13H2,1-2H3,(H,23,24,25). The van der Waals surface area contributed by atoms with Crippen molar-refractivity contribution in [1.82, 2.24) is 14.9 Å². The molecule has 0 aliphatic carbocycles. The minimum absolute atomic E-state index is 0.0150.